The van der Waals surface area contributed by atoms with Crippen LogP contribution in [-0.4, -0.2) is 48.1 Å². The summed E-state index contributed by atoms with van der Waals surface area (Å²) in [5.74, 6) is -0.150. The summed E-state index contributed by atoms with van der Waals surface area (Å²) in [6, 6.07) is 20.3. The van der Waals surface area contributed by atoms with Gasteiger partial charge in [0.15, 0.2) is 0 Å². The van der Waals surface area contributed by atoms with E-state index in [1.165, 1.54) is 0 Å². The number of rotatable bonds is 6. The fourth-order valence-electron chi connectivity index (χ4n) is 3.98. The minimum atomic E-state index is -0.529. The number of hydrogen-bond donors (Lipinski definition) is 2. The second-order valence-corrected chi connectivity index (χ2v) is 7.62. The van der Waals surface area contributed by atoms with Crippen LogP contribution in [0.1, 0.15) is 30.0 Å². The Morgan fingerprint density at radius 1 is 0.935 bits per heavy atom. The third kappa shape index (κ3) is 4.86. The smallest absolute Gasteiger partial charge is 0.223 e. The lowest BCUT2D eigenvalue weighted by molar-refractivity contribution is -0.137. The van der Waals surface area contributed by atoms with Gasteiger partial charge in [-0.15, -0.1) is 0 Å². The van der Waals surface area contributed by atoms with Gasteiger partial charge in [0.25, 0.3) is 0 Å². The summed E-state index contributed by atoms with van der Waals surface area (Å²) in [6.07, 6.45) is 0.236. The standard InChI is InChI=1S/C25H26N2O4/c28-21-11-10-18-6-4-5-9-20(18)24(21)25(19-7-2-1-3-8-19)26-22(29)12-13-23(30)27-14-16-31-17-15-27/h1-11,25,28H,12-17H2,(H,26,29)/t25-/m0/s1. The fourth-order valence-corrected chi connectivity index (χ4v) is 3.98. The lowest BCUT2D eigenvalue weighted by Crippen LogP contribution is -2.41. The quantitative estimate of drug-likeness (QED) is 0.643. The molecule has 0 bridgehead atoms. The van der Waals surface area contributed by atoms with Crippen molar-refractivity contribution in [2.45, 2.75) is 18.9 Å². The molecule has 31 heavy (non-hydrogen) atoms. The summed E-state index contributed by atoms with van der Waals surface area (Å²) < 4.78 is 5.28. The first-order valence-corrected chi connectivity index (χ1v) is 10.5. The van der Waals surface area contributed by atoms with Crippen LogP contribution in [0.2, 0.25) is 0 Å². The van der Waals surface area contributed by atoms with Crippen molar-refractivity contribution < 1.29 is 19.4 Å². The molecule has 4 rings (SSSR count). The first kappa shape index (κ1) is 20.9. The van der Waals surface area contributed by atoms with E-state index in [1.807, 2.05) is 60.7 Å². The van der Waals surface area contributed by atoms with Crippen LogP contribution in [-0.2, 0) is 14.3 Å². The van der Waals surface area contributed by atoms with Crippen molar-refractivity contribution in [3.63, 3.8) is 0 Å². The van der Waals surface area contributed by atoms with Gasteiger partial charge in [-0.05, 0) is 22.4 Å². The van der Waals surface area contributed by atoms with Crippen LogP contribution >= 0.6 is 0 Å². The maximum absolute atomic E-state index is 12.8. The molecule has 1 heterocycles. The summed E-state index contributed by atoms with van der Waals surface area (Å²) in [5.41, 5.74) is 1.51. The first-order valence-electron chi connectivity index (χ1n) is 10.5. The number of phenolic OH excluding ortho intramolecular Hbond substituents is 1. The molecule has 1 fully saturated rings. The highest BCUT2D eigenvalue weighted by atomic mass is 16.5. The predicted octanol–water partition coefficient (Wildman–Crippen LogP) is 3.39. The van der Waals surface area contributed by atoms with Crippen molar-refractivity contribution in [1.29, 1.82) is 0 Å². The molecule has 1 aliphatic heterocycles. The van der Waals surface area contributed by atoms with E-state index in [1.54, 1.807) is 11.0 Å². The van der Waals surface area contributed by atoms with Gasteiger partial charge in [0.2, 0.25) is 11.8 Å². The number of benzene rings is 3. The van der Waals surface area contributed by atoms with Gasteiger partial charge >= 0.3 is 0 Å². The maximum atomic E-state index is 12.8. The van der Waals surface area contributed by atoms with Crippen LogP contribution in [0.15, 0.2) is 66.7 Å². The Labute approximate surface area is 181 Å². The topological polar surface area (TPSA) is 78.9 Å². The number of phenols is 1. The zero-order valence-electron chi connectivity index (χ0n) is 17.3. The number of fused-ring (bicyclic) bond motifs is 1. The molecular formula is C25H26N2O4. The zero-order valence-corrected chi connectivity index (χ0v) is 17.3. The SMILES string of the molecule is O=C(CCC(=O)N1CCOCC1)N[C@@H](c1ccccc1)c1c(O)ccc2ccccc12. The normalized spacial score (nSPS) is 14.9. The fraction of sp³-hybridized carbons (Fsp3) is 0.280. The summed E-state index contributed by atoms with van der Waals surface area (Å²) in [4.78, 5) is 27.0. The van der Waals surface area contributed by atoms with E-state index in [0.717, 1.165) is 16.3 Å². The molecule has 0 spiro atoms. The van der Waals surface area contributed by atoms with Gasteiger partial charge < -0.3 is 20.1 Å². The predicted molar refractivity (Wildman–Crippen MR) is 119 cm³/mol. The number of carbonyl (C=O) groups is 2. The number of ether oxygens (including phenoxy) is 1. The van der Waals surface area contributed by atoms with Gasteiger partial charge in [-0.2, -0.15) is 0 Å². The van der Waals surface area contributed by atoms with E-state index >= 15 is 0 Å². The Morgan fingerprint density at radius 3 is 2.42 bits per heavy atom. The van der Waals surface area contributed by atoms with Crippen molar-refractivity contribution in [3.05, 3.63) is 77.9 Å². The third-order valence-corrected chi connectivity index (χ3v) is 5.60. The lowest BCUT2D eigenvalue weighted by Gasteiger charge is -2.27. The number of carbonyl (C=O) groups excluding carboxylic acids is 2. The molecule has 3 aromatic carbocycles. The van der Waals surface area contributed by atoms with Crippen LogP contribution in [0.4, 0.5) is 0 Å². The second kappa shape index (κ2) is 9.62. The molecular weight excluding hydrogens is 392 g/mol. The summed E-state index contributed by atoms with van der Waals surface area (Å²) in [6.45, 7) is 2.21. The monoisotopic (exact) mass is 418 g/mol. The Hall–Kier alpha value is -3.38. The average Bonchev–Trinajstić information content (AvgIpc) is 2.82. The molecule has 0 unspecified atom stereocenters. The molecule has 0 aromatic heterocycles. The molecule has 6 nitrogen and oxygen atoms in total. The van der Waals surface area contributed by atoms with Gasteiger partial charge in [-0.1, -0.05) is 60.7 Å². The molecule has 160 valence electrons. The van der Waals surface area contributed by atoms with E-state index in [9.17, 15) is 14.7 Å². The van der Waals surface area contributed by atoms with Crippen molar-refractivity contribution >= 4 is 22.6 Å². The van der Waals surface area contributed by atoms with Crippen LogP contribution in [0.25, 0.3) is 10.8 Å². The van der Waals surface area contributed by atoms with Crippen LogP contribution in [0.5, 0.6) is 5.75 Å². The molecule has 6 heteroatoms. The molecule has 1 aliphatic rings. The number of aromatic hydroxyl groups is 1. The minimum absolute atomic E-state index is 0.0391. The number of morpholine rings is 1. The Balaban J connectivity index is 1.57. The van der Waals surface area contributed by atoms with Crippen LogP contribution in [0.3, 0.4) is 0 Å². The number of nitrogens with one attached hydrogen (secondary N) is 1. The van der Waals surface area contributed by atoms with E-state index in [-0.39, 0.29) is 30.4 Å². The Morgan fingerprint density at radius 2 is 1.65 bits per heavy atom. The van der Waals surface area contributed by atoms with Crippen LogP contribution < -0.4 is 5.32 Å². The lowest BCUT2D eigenvalue weighted by atomic mass is 9.92. The highest BCUT2D eigenvalue weighted by Crippen LogP contribution is 2.35. The molecule has 0 saturated carbocycles. The van der Waals surface area contributed by atoms with Gasteiger partial charge in [0.1, 0.15) is 5.75 Å². The van der Waals surface area contributed by atoms with E-state index in [4.69, 9.17) is 4.74 Å². The zero-order chi connectivity index (χ0) is 21.6. The molecule has 3 aromatic rings. The van der Waals surface area contributed by atoms with Crippen molar-refractivity contribution in [3.8, 4) is 5.75 Å². The maximum Gasteiger partial charge on any atom is 0.223 e. The highest BCUT2D eigenvalue weighted by Gasteiger charge is 2.23. The van der Waals surface area contributed by atoms with Crippen molar-refractivity contribution in [2.24, 2.45) is 0 Å². The average molecular weight is 418 g/mol. The third-order valence-electron chi connectivity index (χ3n) is 5.60. The summed E-state index contributed by atoms with van der Waals surface area (Å²) in [7, 11) is 0. The molecule has 2 N–H and O–H groups in total. The number of amides is 2. The molecule has 0 aliphatic carbocycles. The van der Waals surface area contributed by atoms with Gasteiger partial charge in [0, 0.05) is 31.5 Å². The largest absolute Gasteiger partial charge is 0.508 e. The van der Waals surface area contributed by atoms with E-state index in [2.05, 4.69) is 5.32 Å². The van der Waals surface area contributed by atoms with Crippen LogP contribution in [0, 0.1) is 0 Å². The number of nitrogens with zero attached hydrogens (tertiary/aromatic N) is 1. The molecule has 2 amide bonds. The Bertz CT molecular complexity index is 1060. The molecule has 0 radical (unpaired) electrons. The minimum Gasteiger partial charge on any atom is -0.508 e. The Kier molecular flexibility index (Phi) is 6.48. The van der Waals surface area contributed by atoms with Gasteiger partial charge in [0.05, 0.1) is 19.3 Å². The number of hydrogen-bond acceptors (Lipinski definition) is 4. The van der Waals surface area contributed by atoms with Crippen molar-refractivity contribution in [2.75, 3.05) is 26.3 Å². The summed E-state index contributed by atoms with van der Waals surface area (Å²) in [5, 5.41) is 15.6. The van der Waals surface area contributed by atoms with E-state index < -0.39 is 6.04 Å². The second-order valence-electron chi connectivity index (χ2n) is 7.62. The van der Waals surface area contributed by atoms with Gasteiger partial charge in [-0.25, -0.2) is 0 Å². The summed E-state index contributed by atoms with van der Waals surface area (Å²) >= 11 is 0. The van der Waals surface area contributed by atoms with Gasteiger partial charge in [-0.3, -0.25) is 9.59 Å². The molecule has 1 saturated heterocycles. The highest BCUT2D eigenvalue weighted by molar-refractivity contribution is 5.90. The first-order chi connectivity index (χ1) is 15.1. The van der Waals surface area contributed by atoms with Crippen molar-refractivity contribution in [1.82, 2.24) is 10.2 Å². The van der Waals surface area contributed by atoms with E-state index in [0.29, 0.717) is 31.9 Å². The molecule has 1 atom stereocenters.